The van der Waals surface area contributed by atoms with Crippen molar-refractivity contribution in [1.82, 2.24) is 0 Å². The summed E-state index contributed by atoms with van der Waals surface area (Å²) in [6.45, 7) is 4.39. The summed E-state index contributed by atoms with van der Waals surface area (Å²) in [5.74, 6) is 0.172. The van der Waals surface area contributed by atoms with E-state index in [2.05, 4.69) is 38.1 Å². The molecule has 1 aliphatic carbocycles. The number of carboxylic acids is 1. The van der Waals surface area contributed by atoms with Crippen molar-refractivity contribution >= 4 is 11.5 Å². The van der Waals surface area contributed by atoms with E-state index in [1.807, 2.05) is 0 Å². The van der Waals surface area contributed by atoms with Gasteiger partial charge in [0.2, 0.25) is 0 Å². The maximum Gasteiger partial charge on any atom is 0.328 e. The summed E-state index contributed by atoms with van der Waals surface area (Å²) < 4.78 is 0. The first kappa shape index (κ1) is 12.9. The SMILES string of the molecule is CCC(C)c1ccc(/C(=C/C(=O)O)C2CC2)cc1. The smallest absolute Gasteiger partial charge is 0.328 e. The van der Waals surface area contributed by atoms with Gasteiger partial charge in [-0.3, -0.25) is 0 Å². The first-order valence-corrected chi connectivity index (χ1v) is 6.66. The molecule has 0 aliphatic heterocycles. The summed E-state index contributed by atoms with van der Waals surface area (Å²) in [6, 6.07) is 8.38. The molecule has 1 saturated carbocycles. The minimum Gasteiger partial charge on any atom is -0.478 e. The minimum absolute atomic E-state index is 0.454. The van der Waals surface area contributed by atoms with Crippen molar-refractivity contribution in [1.29, 1.82) is 0 Å². The van der Waals surface area contributed by atoms with E-state index in [0.717, 1.165) is 30.4 Å². The molecule has 18 heavy (non-hydrogen) atoms. The van der Waals surface area contributed by atoms with Gasteiger partial charge in [-0.2, -0.15) is 0 Å². The average molecular weight is 244 g/mol. The number of aliphatic carboxylic acids is 1. The fourth-order valence-electron chi connectivity index (χ4n) is 2.20. The van der Waals surface area contributed by atoms with Gasteiger partial charge in [0.05, 0.1) is 0 Å². The Hall–Kier alpha value is -1.57. The fraction of sp³-hybridized carbons (Fsp3) is 0.438. The van der Waals surface area contributed by atoms with E-state index in [-0.39, 0.29) is 0 Å². The van der Waals surface area contributed by atoms with Crippen LogP contribution in [0, 0.1) is 5.92 Å². The molecule has 96 valence electrons. The van der Waals surface area contributed by atoms with Crippen molar-refractivity contribution in [2.75, 3.05) is 0 Å². The zero-order valence-corrected chi connectivity index (χ0v) is 11.0. The molecular formula is C16H20O2. The van der Waals surface area contributed by atoms with Gasteiger partial charge in [0.1, 0.15) is 0 Å². The van der Waals surface area contributed by atoms with Crippen LogP contribution in [0.4, 0.5) is 0 Å². The largest absolute Gasteiger partial charge is 0.478 e. The maximum atomic E-state index is 10.9. The Bertz CT molecular complexity index is 452. The van der Waals surface area contributed by atoms with E-state index in [1.54, 1.807) is 0 Å². The first-order valence-electron chi connectivity index (χ1n) is 6.66. The van der Waals surface area contributed by atoms with Gasteiger partial charge in [-0.25, -0.2) is 4.79 Å². The zero-order valence-electron chi connectivity index (χ0n) is 11.0. The predicted molar refractivity (Wildman–Crippen MR) is 73.5 cm³/mol. The number of rotatable bonds is 5. The van der Waals surface area contributed by atoms with Crippen molar-refractivity contribution in [3.8, 4) is 0 Å². The van der Waals surface area contributed by atoms with E-state index < -0.39 is 5.97 Å². The lowest BCUT2D eigenvalue weighted by atomic mass is 9.94. The molecule has 1 aromatic rings. The Morgan fingerprint density at radius 2 is 2.00 bits per heavy atom. The number of carbonyl (C=O) groups is 1. The molecule has 0 radical (unpaired) electrons. The lowest BCUT2D eigenvalue weighted by Crippen LogP contribution is -1.96. The molecule has 0 amide bonds. The lowest BCUT2D eigenvalue weighted by Gasteiger charge is -2.11. The molecule has 0 heterocycles. The summed E-state index contributed by atoms with van der Waals surface area (Å²) in [5.41, 5.74) is 3.37. The van der Waals surface area contributed by atoms with E-state index in [9.17, 15) is 4.79 Å². The molecule has 1 fully saturated rings. The summed E-state index contributed by atoms with van der Waals surface area (Å²) in [7, 11) is 0. The van der Waals surface area contributed by atoms with Gasteiger partial charge in [0.15, 0.2) is 0 Å². The summed E-state index contributed by atoms with van der Waals surface area (Å²) in [5, 5.41) is 8.93. The van der Waals surface area contributed by atoms with Crippen LogP contribution in [0.25, 0.3) is 5.57 Å². The second-order valence-electron chi connectivity index (χ2n) is 5.14. The van der Waals surface area contributed by atoms with Crippen LogP contribution in [0.5, 0.6) is 0 Å². The Balaban J connectivity index is 2.24. The third-order valence-electron chi connectivity index (χ3n) is 3.72. The second-order valence-corrected chi connectivity index (χ2v) is 5.14. The van der Waals surface area contributed by atoms with Crippen LogP contribution in [-0.4, -0.2) is 11.1 Å². The molecule has 2 nitrogen and oxygen atoms in total. The van der Waals surface area contributed by atoms with Crippen LogP contribution in [0.3, 0.4) is 0 Å². The third kappa shape index (κ3) is 3.00. The van der Waals surface area contributed by atoms with Crippen molar-refractivity contribution in [3.05, 3.63) is 41.5 Å². The van der Waals surface area contributed by atoms with Gasteiger partial charge < -0.3 is 5.11 Å². The molecule has 0 spiro atoms. The summed E-state index contributed by atoms with van der Waals surface area (Å²) in [4.78, 5) is 10.9. The van der Waals surface area contributed by atoms with Crippen molar-refractivity contribution < 1.29 is 9.90 Å². The normalized spacial score (nSPS) is 17.6. The number of benzene rings is 1. The molecule has 0 bridgehead atoms. The predicted octanol–water partition coefficient (Wildman–Crippen LogP) is 4.08. The van der Waals surface area contributed by atoms with Gasteiger partial charge in [-0.05, 0) is 47.8 Å². The Labute approximate surface area is 108 Å². The van der Waals surface area contributed by atoms with E-state index in [1.165, 1.54) is 11.6 Å². The Morgan fingerprint density at radius 3 is 2.44 bits per heavy atom. The number of allylic oxidation sites excluding steroid dienone is 1. The first-order chi connectivity index (χ1) is 8.61. The summed E-state index contributed by atoms with van der Waals surface area (Å²) in [6.07, 6.45) is 4.73. The monoisotopic (exact) mass is 244 g/mol. The van der Waals surface area contributed by atoms with Gasteiger partial charge in [-0.1, -0.05) is 38.1 Å². The van der Waals surface area contributed by atoms with Crippen LogP contribution < -0.4 is 0 Å². The Kier molecular flexibility index (Phi) is 3.85. The minimum atomic E-state index is -0.845. The lowest BCUT2D eigenvalue weighted by molar-refractivity contribution is -0.131. The average Bonchev–Trinajstić information content (AvgIpc) is 3.19. The fourth-order valence-corrected chi connectivity index (χ4v) is 2.20. The molecule has 1 aliphatic rings. The third-order valence-corrected chi connectivity index (χ3v) is 3.72. The van der Waals surface area contributed by atoms with Crippen LogP contribution >= 0.6 is 0 Å². The standard InChI is InChI=1S/C16H20O2/c1-3-11(2)12-4-6-13(7-5-12)15(10-16(17)18)14-8-9-14/h4-7,10-11,14H,3,8-9H2,1-2H3,(H,17,18)/b15-10-. The number of hydrogen-bond donors (Lipinski definition) is 1. The van der Waals surface area contributed by atoms with Crippen molar-refractivity contribution in [2.45, 2.75) is 39.0 Å². The molecular weight excluding hydrogens is 224 g/mol. The van der Waals surface area contributed by atoms with Crippen LogP contribution in [0.2, 0.25) is 0 Å². The molecule has 1 atom stereocenters. The van der Waals surface area contributed by atoms with Crippen LogP contribution in [-0.2, 0) is 4.79 Å². The summed E-state index contributed by atoms with van der Waals surface area (Å²) >= 11 is 0. The molecule has 1 N–H and O–H groups in total. The quantitative estimate of drug-likeness (QED) is 0.792. The van der Waals surface area contributed by atoms with Gasteiger partial charge in [-0.15, -0.1) is 0 Å². The number of carboxylic acid groups (broad SMARTS) is 1. The molecule has 0 saturated heterocycles. The van der Waals surface area contributed by atoms with E-state index >= 15 is 0 Å². The van der Waals surface area contributed by atoms with E-state index in [0.29, 0.717) is 11.8 Å². The van der Waals surface area contributed by atoms with Crippen molar-refractivity contribution in [2.24, 2.45) is 5.92 Å². The van der Waals surface area contributed by atoms with Crippen LogP contribution in [0.1, 0.15) is 50.2 Å². The van der Waals surface area contributed by atoms with Gasteiger partial charge >= 0.3 is 5.97 Å². The molecule has 1 aromatic carbocycles. The number of hydrogen-bond acceptors (Lipinski definition) is 1. The van der Waals surface area contributed by atoms with Gasteiger partial charge in [0.25, 0.3) is 0 Å². The topological polar surface area (TPSA) is 37.3 Å². The second kappa shape index (κ2) is 5.38. The van der Waals surface area contributed by atoms with Crippen molar-refractivity contribution in [3.63, 3.8) is 0 Å². The van der Waals surface area contributed by atoms with Crippen LogP contribution in [0.15, 0.2) is 30.3 Å². The molecule has 0 aromatic heterocycles. The maximum absolute atomic E-state index is 10.9. The van der Waals surface area contributed by atoms with E-state index in [4.69, 9.17) is 5.11 Å². The van der Waals surface area contributed by atoms with Gasteiger partial charge in [0, 0.05) is 6.08 Å². The molecule has 2 heteroatoms. The molecule has 1 unspecified atom stereocenters. The molecule has 2 rings (SSSR count). The zero-order chi connectivity index (χ0) is 13.1. The highest BCUT2D eigenvalue weighted by Crippen LogP contribution is 2.42. The highest BCUT2D eigenvalue weighted by atomic mass is 16.4. The highest BCUT2D eigenvalue weighted by Gasteiger charge is 2.27. The highest BCUT2D eigenvalue weighted by molar-refractivity contribution is 5.91. The Morgan fingerprint density at radius 1 is 1.39 bits per heavy atom.